The van der Waals surface area contributed by atoms with Gasteiger partial charge in [0.2, 0.25) is 5.91 Å². The average Bonchev–Trinajstić information content (AvgIpc) is 2.44. The zero-order valence-corrected chi connectivity index (χ0v) is 14.5. The van der Waals surface area contributed by atoms with Crippen molar-refractivity contribution in [3.63, 3.8) is 0 Å². The number of rotatable bonds is 7. The Morgan fingerprint density at radius 1 is 1.35 bits per heavy atom. The molecule has 1 rings (SSSR count). The van der Waals surface area contributed by atoms with Gasteiger partial charge in [-0.05, 0) is 53.4 Å². The predicted molar refractivity (Wildman–Crippen MR) is 89.5 cm³/mol. The summed E-state index contributed by atoms with van der Waals surface area (Å²) >= 11 is 15.4. The molecule has 0 aromatic heterocycles. The van der Waals surface area contributed by atoms with Crippen molar-refractivity contribution >= 4 is 50.7 Å². The van der Waals surface area contributed by atoms with E-state index in [1.54, 1.807) is 12.1 Å². The molecule has 1 aromatic carbocycles. The molecular formula is C14H19BrCl2N2O. The van der Waals surface area contributed by atoms with E-state index in [0.29, 0.717) is 39.1 Å². The van der Waals surface area contributed by atoms with E-state index in [-0.39, 0.29) is 5.91 Å². The van der Waals surface area contributed by atoms with Gasteiger partial charge in [-0.3, -0.25) is 4.79 Å². The van der Waals surface area contributed by atoms with Crippen molar-refractivity contribution in [1.29, 1.82) is 0 Å². The molecule has 0 saturated carbocycles. The van der Waals surface area contributed by atoms with Crippen molar-refractivity contribution in [2.75, 3.05) is 11.9 Å². The number of nitrogens with one attached hydrogen (secondary N) is 1. The van der Waals surface area contributed by atoms with E-state index in [9.17, 15) is 4.79 Å². The van der Waals surface area contributed by atoms with Crippen molar-refractivity contribution in [3.05, 3.63) is 26.7 Å². The molecule has 3 N–H and O–H groups in total. The highest BCUT2D eigenvalue weighted by molar-refractivity contribution is 9.10. The number of hydrogen-bond donors (Lipinski definition) is 2. The minimum atomic E-state index is -0.0549. The fourth-order valence-corrected chi connectivity index (χ4v) is 2.78. The van der Waals surface area contributed by atoms with Crippen LogP contribution in [0.5, 0.6) is 0 Å². The Kier molecular flexibility index (Phi) is 7.88. The van der Waals surface area contributed by atoms with Crippen LogP contribution in [0.25, 0.3) is 0 Å². The maximum atomic E-state index is 11.9. The van der Waals surface area contributed by atoms with Gasteiger partial charge in [0.15, 0.2) is 0 Å². The minimum Gasteiger partial charge on any atom is -0.330 e. The Labute approximate surface area is 138 Å². The lowest BCUT2D eigenvalue weighted by atomic mass is 9.96. The Morgan fingerprint density at radius 2 is 2.05 bits per heavy atom. The number of carbonyl (C=O) groups excluding carboxylic acids is 1. The topological polar surface area (TPSA) is 55.1 Å². The van der Waals surface area contributed by atoms with Crippen molar-refractivity contribution in [1.82, 2.24) is 0 Å². The normalized spacial score (nSPS) is 12.2. The summed E-state index contributed by atoms with van der Waals surface area (Å²) in [6.45, 7) is 2.78. The third-order valence-corrected chi connectivity index (χ3v) is 5.01. The molecule has 1 aromatic rings. The molecule has 1 atom stereocenters. The van der Waals surface area contributed by atoms with Gasteiger partial charge in [-0.2, -0.15) is 0 Å². The lowest BCUT2D eigenvalue weighted by molar-refractivity contribution is -0.116. The molecule has 0 radical (unpaired) electrons. The average molecular weight is 382 g/mol. The molecule has 0 heterocycles. The summed E-state index contributed by atoms with van der Waals surface area (Å²) < 4.78 is 0.705. The van der Waals surface area contributed by atoms with E-state index >= 15 is 0 Å². The van der Waals surface area contributed by atoms with Crippen LogP contribution in [0, 0.1) is 5.92 Å². The van der Waals surface area contributed by atoms with Crippen LogP contribution in [0.3, 0.4) is 0 Å². The van der Waals surface area contributed by atoms with Gasteiger partial charge in [0.1, 0.15) is 0 Å². The zero-order chi connectivity index (χ0) is 15.1. The molecule has 3 nitrogen and oxygen atoms in total. The maximum absolute atomic E-state index is 11.9. The van der Waals surface area contributed by atoms with Gasteiger partial charge in [-0.1, -0.05) is 36.5 Å². The zero-order valence-electron chi connectivity index (χ0n) is 11.4. The fraction of sp³-hybridized carbons (Fsp3) is 0.500. The second-order valence-electron chi connectivity index (χ2n) is 4.66. The van der Waals surface area contributed by atoms with Gasteiger partial charge >= 0.3 is 0 Å². The summed E-state index contributed by atoms with van der Waals surface area (Å²) in [5.74, 6) is 0.440. The number of amides is 1. The number of anilines is 1. The standard InChI is InChI=1S/C14H19BrCl2N2O/c1-2-9(7-8-18)3-6-12(20)19-11-5-4-10(15)13(16)14(11)17/h4-5,9H,2-3,6-8,18H2,1H3,(H,19,20). The Hall–Kier alpha value is -0.290. The van der Waals surface area contributed by atoms with Gasteiger partial charge < -0.3 is 11.1 Å². The van der Waals surface area contributed by atoms with E-state index in [2.05, 4.69) is 28.2 Å². The Bertz CT molecular complexity index is 469. The van der Waals surface area contributed by atoms with Crippen LogP contribution in [0.15, 0.2) is 16.6 Å². The molecule has 0 aliphatic carbocycles. The Balaban J connectivity index is 2.57. The molecule has 0 bridgehead atoms. The largest absolute Gasteiger partial charge is 0.330 e. The van der Waals surface area contributed by atoms with Gasteiger partial charge in [0.25, 0.3) is 0 Å². The lowest BCUT2D eigenvalue weighted by Gasteiger charge is -2.14. The van der Waals surface area contributed by atoms with Crippen molar-refractivity contribution in [2.45, 2.75) is 32.6 Å². The summed E-state index contributed by atoms with van der Waals surface area (Å²) in [5.41, 5.74) is 6.09. The van der Waals surface area contributed by atoms with Crippen LogP contribution in [-0.2, 0) is 4.79 Å². The van der Waals surface area contributed by atoms with Crippen molar-refractivity contribution < 1.29 is 4.79 Å². The number of benzene rings is 1. The van der Waals surface area contributed by atoms with Crippen molar-refractivity contribution in [3.8, 4) is 0 Å². The fourth-order valence-electron chi connectivity index (χ4n) is 1.96. The number of carbonyl (C=O) groups is 1. The third kappa shape index (κ3) is 5.24. The summed E-state index contributed by atoms with van der Waals surface area (Å²) in [6, 6.07) is 3.49. The molecule has 0 fully saturated rings. The van der Waals surface area contributed by atoms with E-state index in [1.165, 1.54) is 0 Å². The number of halogens is 3. The van der Waals surface area contributed by atoms with Crippen molar-refractivity contribution in [2.24, 2.45) is 11.7 Å². The summed E-state index contributed by atoms with van der Waals surface area (Å²) in [5, 5.41) is 3.54. The van der Waals surface area contributed by atoms with E-state index in [1.807, 2.05) is 0 Å². The van der Waals surface area contributed by atoms with Gasteiger partial charge in [-0.25, -0.2) is 0 Å². The summed E-state index contributed by atoms with van der Waals surface area (Å²) in [4.78, 5) is 11.9. The monoisotopic (exact) mass is 380 g/mol. The van der Waals surface area contributed by atoms with Crippen LogP contribution in [0.1, 0.15) is 32.6 Å². The van der Waals surface area contributed by atoms with E-state index in [4.69, 9.17) is 28.9 Å². The van der Waals surface area contributed by atoms with Gasteiger partial charge in [0.05, 0.1) is 15.7 Å². The maximum Gasteiger partial charge on any atom is 0.224 e. The van der Waals surface area contributed by atoms with Crippen LogP contribution in [0.2, 0.25) is 10.0 Å². The SMILES string of the molecule is CCC(CCN)CCC(=O)Nc1ccc(Br)c(Cl)c1Cl. The molecule has 20 heavy (non-hydrogen) atoms. The number of hydrogen-bond acceptors (Lipinski definition) is 2. The van der Waals surface area contributed by atoms with Crippen LogP contribution >= 0.6 is 39.1 Å². The highest BCUT2D eigenvalue weighted by atomic mass is 79.9. The highest BCUT2D eigenvalue weighted by Crippen LogP contribution is 2.35. The predicted octanol–water partition coefficient (Wildman–Crippen LogP) is 4.85. The Morgan fingerprint density at radius 3 is 2.65 bits per heavy atom. The van der Waals surface area contributed by atoms with Crippen LogP contribution < -0.4 is 11.1 Å². The summed E-state index contributed by atoms with van der Waals surface area (Å²) in [6.07, 6.45) is 3.29. The molecule has 6 heteroatoms. The molecule has 0 saturated heterocycles. The molecule has 0 aliphatic heterocycles. The molecule has 1 unspecified atom stereocenters. The van der Waals surface area contributed by atoms with Crippen LogP contribution in [-0.4, -0.2) is 12.5 Å². The molecule has 1 amide bonds. The first-order chi connectivity index (χ1) is 9.49. The van der Waals surface area contributed by atoms with Gasteiger partial charge in [0, 0.05) is 10.9 Å². The molecule has 0 aliphatic rings. The minimum absolute atomic E-state index is 0.0549. The molecule has 112 valence electrons. The smallest absolute Gasteiger partial charge is 0.224 e. The summed E-state index contributed by atoms with van der Waals surface area (Å²) in [7, 11) is 0. The lowest BCUT2D eigenvalue weighted by Crippen LogP contribution is -2.15. The quantitative estimate of drug-likeness (QED) is 0.663. The van der Waals surface area contributed by atoms with E-state index in [0.717, 1.165) is 19.3 Å². The highest BCUT2D eigenvalue weighted by Gasteiger charge is 2.13. The third-order valence-electron chi connectivity index (χ3n) is 3.24. The second kappa shape index (κ2) is 8.88. The molecular weight excluding hydrogens is 363 g/mol. The first-order valence-corrected chi connectivity index (χ1v) is 8.17. The van der Waals surface area contributed by atoms with Crippen LogP contribution in [0.4, 0.5) is 5.69 Å². The van der Waals surface area contributed by atoms with Gasteiger partial charge in [-0.15, -0.1) is 0 Å². The first kappa shape index (κ1) is 17.8. The number of nitrogens with two attached hydrogens (primary N) is 1. The molecule has 0 spiro atoms. The van der Waals surface area contributed by atoms with E-state index < -0.39 is 0 Å². The second-order valence-corrected chi connectivity index (χ2v) is 6.27. The first-order valence-electron chi connectivity index (χ1n) is 6.63.